The van der Waals surface area contributed by atoms with Gasteiger partial charge in [0, 0.05) is 5.56 Å². The van der Waals surface area contributed by atoms with Crippen LogP contribution >= 0.6 is 0 Å². The zero-order chi connectivity index (χ0) is 16.6. The highest BCUT2D eigenvalue weighted by Gasteiger charge is 2.07. The van der Waals surface area contributed by atoms with E-state index in [1.165, 1.54) is 22.3 Å². The molecule has 3 aromatic carbocycles. The maximum atomic E-state index is 14.1. The van der Waals surface area contributed by atoms with Crippen molar-refractivity contribution < 1.29 is 4.39 Å². The van der Waals surface area contributed by atoms with E-state index in [4.69, 9.17) is 0 Å². The Morgan fingerprint density at radius 1 is 0.609 bits per heavy atom. The number of benzene rings is 3. The predicted octanol–water partition coefficient (Wildman–Crippen LogP) is 6.39. The number of rotatable bonds is 2. The van der Waals surface area contributed by atoms with Crippen molar-refractivity contribution in [1.82, 2.24) is 0 Å². The van der Waals surface area contributed by atoms with Gasteiger partial charge in [0.25, 0.3) is 0 Å². The van der Waals surface area contributed by atoms with Gasteiger partial charge in [-0.15, -0.1) is 0 Å². The van der Waals surface area contributed by atoms with Crippen LogP contribution in [0.15, 0.2) is 54.6 Å². The van der Waals surface area contributed by atoms with Crippen LogP contribution in [0.4, 0.5) is 4.39 Å². The third-order valence-electron chi connectivity index (χ3n) is 4.58. The van der Waals surface area contributed by atoms with Gasteiger partial charge in [0.15, 0.2) is 0 Å². The molecule has 0 spiro atoms. The second-order valence-corrected chi connectivity index (χ2v) is 6.30. The molecule has 0 N–H and O–H groups in total. The van der Waals surface area contributed by atoms with Gasteiger partial charge >= 0.3 is 0 Å². The highest BCUT2D eigenvalue weighted by molar-refractivity contribution is 5.72. The Morgan fingerprint density at radius 3 is 1.74 bits per heavy atom. The molecule has 0 saturated heterocycles. The molecule has 1 heteroatoms. The second-order valence-electron chi connectivity index (χ2n) is 6.30. The monoisotopic (exact) mass is 304 g/mol. The Labute approximate surface area is 137 Å². The lowest BCUT2D eigenvalue weighted by molar-refractivity contribution is 0.630. The topological polar surface area (TPSA) is 0 Å². The Bertz CT molecular complexity index is 835. The Balaban J connectivity index is 1.99. The average Bonchev–Trinajstić information content (AvgIpc) is 2.52. The normalized spacial score (nSPS) is 10.8. The van der Waals surface area contributed by atoms with E-state index >= 15 is 0 Å². The van der Waals surface area contributed by atoms with Crippen molar-refractivity contribution in [2.45, 2.75) is 27.7 Å². The first-order chi connectivity index (χ1) is 11.0. The van der Waals surface area contributed by atoms with E-state index in [2.05, 4.69) is 45.0 Å². The average molecular weight is 304 g/mol. The lowest BCUT2D eigenvalue weighted by Crippen LogP contribution is -1.89. The third-order valence-corrected chi connectivity index (χ3v) is 4.58. The van der Waals surface area contributed by atoms with Crippen LogP contribution in [0.3, 0.4) is 0 Å². The molecule has 0 unspecified atom stereocenters. The first-order valence-corrected chi connectivity index (χ1v) is 7.90. The number of hydrogen-bond donors (Lipinski definition) is 0. The summed E-state index contributed by atoms with van der Waals surface area (Å²) in [6, 6.07) is 17.9. The fourth-order valence-electron chi connectivity index (χ4n) is 2.90. The van der Waals surface area contributed by atoms with Gasteiger partial charge in [-0.2, -0.15) is 0 Å². The van der Waals surface area contributed by atoms with Crippen molar-refractivity contribution in [1.29, 1.82) is 0 Å². The summed E-state index contributed by atoms with van der Waals surface area (Å²) in [4.78, 5) is 0. The van der Waals surface area contributed by atoms with Crippen molar-refractivity contribution in [3.05, 3.63) is 82.7 Å². The largest absolute Gasteiger partial charge is 0.206 e. The SMILES string of the molecule is Cc1ccc(-c2ccc(-c3cc(C)c(C)c(C)c3)cc2)c(F)c1. The van der Waals surface area contributed by atoms with Gasteiger partial charge in [0.2, 0.25) is 0 Å². The zero-order valence-corrected chi connectivity index (χ0v) is 14.1. The van der Waals surface area contributed by atoms with E-state index in [-0.39, 0.29) is 5.82 Å². The third kappa shape index (κ3) is 3.05. The quantitative estimate of drug-likeness (QED) is 0.514. The van der Waals surface area contributed by atoms with Gasteiger partial charge < -0.3 is 0 Å². The summed E-state index contributed by atoms with van der Waals surface area (Å²) < 4.78 is 14.1. The van der Waals surface area contributed by atoms with Gasteiger partial charge in [0.1, 0.15) is 5.82 Å². The zero-order valence-electron chi connectivity index (χ0n) is 14.1. The Hall–Kier alpha value is -2.41. The van der Waals surface area contributed by atoms with Crippen molar-refractivity contribution in [3.63, 3.8) is 0 Å². The maximum absolute atomic E-state index is 14.1. The van der Waals surface area contributed by atoms with Crippen molar-refractivity contribution in [2.75, 3.05) is 0 Å². The number of aryl methyl sites for hydroxylation is 3. The smallest absolute Gasteiger partial charge is 0.131 e. The first kappa shape index (κ1) is 15.5. The van der Waals surface area contributed by atoms with E-state index in [1.54, 1.807) is 6.07 Å². The standard InChI is InChI=1S/C22H21F/c1-14-5-10-21(22(23)11-14)19-8-6-18(7-9-19)20-12-15(2)17(4)16(3)13-20/h5-13H,1-4H3. The molecule has 3 rings (SSSR count). The molecule has 0 atom stereocenters. The molecule has 0 aliphatic heterocycles. The van der Waals surface area contributed by atoms with Crippen LogP contribution in [0.5, 0.6) is 0 Å². The summed E-state index contributed by atoms with van der Waals surface area (Å²) in [5.41, 5.74) is 8.81. The summed E-state index contributed by atoms with van der Waals surface area (Å²) in [6.07, 6.45) is 0. The maximum Gasteiger partial charge on any atom is 0.131 e. The van der Waals surface area contributed by atoms with E-state index in [0.717, 1.165) is 16.7 Å². The first-order valence-electron chi connectivity index (χ1n) is 7.90. The number of halogens is 1. The molecular weight excluding hydrogens is 283 g/mol. The molecular formula is C22H21F. The molecule has 0 radical (unpaired) electrons. The highest BCUT2D eigenvalue weighted by Crippen LogP contribution is 2.29. The van der Waals surface area contributed by atoms with Crippen LogP contribution in [0.2, 0.25) is 0 Å². The van der Waals surface area contributed by atoms with Crippen molar-refractivity contribution >= 4 is 0 Å². The van der Waals surface area contributed by atoms with Crippen LogP contribution in [-0.4, -0.2) is 0 Å². The van der Waals surface area contributed by atoms with Gasteiger partial charge in [-0.25, -0.2) is 4.39 Å². The van der Waals surface area contributed by atoms with Crippen molar-refractivity contribution in [2.24, 2.45) is 0 Å². The lowest BCUT2D eigenvalue weighted by Gasteiger charge is -2.10. The molecule has 0 amide bonds. The van der Waals surface area contributed by atoms with Gasteiger partial charge in [0.05, 0.1) is 0 Å². The Morgan fingerprint density at radius 2 is 1.17 bits per heavy atom. The lowest BCUT2D eigenvalue weighted by atomic mass is 9.95. The summed E-state index contributed by atoms with van der Waals surface area (Å²) in [5.74, 6) is -0.167. The fourth-order valence-corrected chi connectivity index (χ4v) is 2.90. The molecule has 0 aliphatic carbocycles. The van der Waals surface area contributed by atoms with E-state index in [9.17, 15) is 4.39 Å². The molecule has 0 bridgehead atoms. The molecule has 0 aromatic heterocycles. The molecule has 0 aliphatic rings. The molecule has 0 fully saturated rings. The molecule has 0 heterocycles. The minimum absolute atomic E-state index is 0.167. The second kappa shape index (κ2) is 6.00. The minimum Gasteiger partial charge on any atom is -0.206 e. The minimum atomic E-state index is -0.167. The van der Waals surface area contributed by atoms with E-state index < -0.39 is 0 Å². The fraction of sp³-hybridized carbons (Fsp3) is 0.182. The van der Waals surface area contributed by atoms with Crippen LogP contribution in [-0.2, 0) is 0 Å². The summed E-state index contributed by atoms with van der Waals surface area (Å²) in [5, 5.41) is 0. The Kier molecular flexibility index (Phi) is 4.04. The molecule has 3 aromatic rings. The summed E-state index contributed by atoms with van der Waals surface area (Å²) >= 11 is 0. The van der Waals surface area contributed by atoms with E-state index in [1.807, 2.05) is 31.2 Å². The van der Waals surface area contributed by atoms with Crippen LogP contribution in [0.1, 0.15) is 22.3 Å². The van der Waals surface area contributed by atoms with E-state index in [0.29, 0.717) is 5.56 Å². The molecule has 23 heavy (non-hydrogen) atoms. The number of hydrogen-bond acceptors (Lipinski definition) is 0. The summed E-state index contributed by atoms with van der Waals surface area (Å²) in [7, 11) is 0. The van der Waals surface area contributed by atoms with Crippen molar-refractivity contribution in [3.8, 4) is 22.3 Å². The van der Waals surface area contributed by atoms with Crippen LogP contribution < -0.4 is 0 Å². The predicted molar refractivity (Wildman–Crippen MR) is 96.2 cm³/mol. The van der Waals surface area contributed by atoms with Gasteiger partial charge in [-0.1, -0.05) is 48.5 Å². The van der Waals surface area contributed by atoms with Gasteiger partial charge in [-0.3, -0.25) is 0 Å². The molecule has 116 valence electrons. The summed E-state index contributed by atoms with van der Waals surface area (Å²) in [6.45, 7) is 8.33. The molecule has 0 saturated carbocycles. The van der Waals surface area contributed by atoms with Crippen LogP contribution in [0, 0.1) is 33.5 Å². The van der Waals surface area contributed by atoms with Crippen LogP contribution in [0.25, 0.3) is 22.3 Å². The molecule has 0 nitrogen and oxygen atoms in total. The highest BCUT2D eigenvalue weighted by atomic mass is 19.1. The van der Waals surface area contributed by atoms with Gasteiger partial charge in [-0.05, 0) is 72.7 Å².